The van der Waals surface area contributed by atoms with Gasteiger partial charge in [-0.25, -0.2) is 8.42 Å². The molecule has 38 heavy (non-hydrogen) atoms. The number of hydrogen-bond acceptors (Lipinski definition) is 5. The second kappa shape index (κ2) is 10.7. The Balaban J connectivity index is 2.08. The van der Waals surface area contributed by atoms with Crippen molar-refractivity contribution in [2.24, 2.45) is 10.8 Å². The molecule has 3 aromatic rings. The van der Waals surface area contributed by atoms with Crippen LogP contribution in [0, 0.1) is 10.8 Å². The Labute approximate surface area is 231 Å². The Kier molecular flexibility index (Phi) is 8.08. The topological polar surface area (TPSA) is 61.8 Å². The van der Waals surface area contributed by atoms with E-state index >= 15 is 0 Å². The number of ether oxygens (including phenoxy) is 2. The highest BCUT2D eigenvalue weighted by molar-refractivity contribution is 7.90. The van der Waals surface area contributed by atoms with E-state index in [1.807, 2.05) is 105 Å². The van der Waals surface area contributed by atoms with Crippen LogP contribution < -0.4 is 0 Å². The number of hydrogen-bond donors (Lipinski definition) is 0. The van der Waals surface area contributed by atoms with E-state index in [4.69, 9.17) is 13.9 Å². The van der Waals surface area contributed by atoms with Crippen LogP contribution >= 0.6 is 0 Å². The van der Waals surface area contributed by atoms with Gasteiger partial charge in [-0.3, -0.25) is 0 Å². The van der Waals surface area contributed by atoms with Gasteiger partial charge in [0, 0.05) is 0 Å². The van der Waals surface area contributed by atoms with Crippen molar-refractivity contribution >= 4 is 20.3 Å². The summed E-state index contributed by atoms with van der Waals surface area (Å²) in [5, 5.41) is 0. The predicted octanol–water partition coefficient (Wildman–Crippen LogP) is 5.03. The van der Waals surface area contributed by atoms with Crippen LogP contribution in [0.5, 0.6) is 0 Å². The van der Waals surface area contributed by atoms with Crippen LogP contribution in [0.25, 0.3) is 0 Å². The fraction of sp³-hybridized carbons (Fsp3) is 0.419. The first-order chi connectivity index (χ1) is 17.9. The van der Waals surface area contributed by atoms with Gasteiger partial charge in [-0.2, -0.15) is 0 Å². The van der Waals surface area contributed by atoms with E-state index in [-0.39, 0.29) is 18.1 Å². The van der Waals surface area contributed by atoms with Crippen molar-refractivity contribution in [3.63, 3.8) is 0 Å². The molecule has 0 N–H and O–H groups in total. The summed E-state index contributed by atoms with van der Waals surface area (Å²) in [6, 6.07) is 29.4. The molecule has 0 saturated carbocycles. The van der Waals surface area contributed by atoms with Crippen molar-refractivity contribution in [3.8, 4) is 0 Å². The predicted molar refractivity (Wildman–Crippen MR) is 155 cm³/mol. The van der Waals surface area contributed by atoms with Crippen LogP contribution in [-0.4, -0.2) is 43.2 Å². The molecule has 1 saturated heterocycles. The first-order valence-corrected chi connectivity index (χ1v) is 15.7. The Morgan fingerprint density at radius 1 is 0.842 bits per heavy atom. The molecule has 7 heteroatoms. The van der Waals surface area contributed by atoms with Crippen molar-refractivity contribution in [3.05, 3.63) is 108 Å². The van der Waals surface area contributed by atoms with E-state index in [0.717, 1.165) is 16.7 Å². The van der Waals surface area contributed by atoms with E-state index < -0.39 is 38.2 Å². The molecule has 5 nitrogen and oxygen atoms in total. The summed E-state index contributed by atoms with van der Waals surface area (Å²) in [7, 11) is -3.16. The van der Waals surface area contributed by atoms with E-state index in [2.05, 4.69) is 20.8 Å². The second-order valence-electron chi connectivity index (χ2n) is 11.7. The standard InChI is InChI=1S/C31H40O5SSi/c1-28(2,3)30(23-37(32,33)22-24-15-9-6-10-16-24)27(21-34-38)35-29(4,5)36-31(30,25-17-11-7-12-18-25)26-19-13-8-14-20-26/h6-20,27H,21-23H2,1-5,38H3. The molecular formula is C31H40O5SSi. The largest absolute Gasteiger partial charge is 0.425 e. The van der Waals surface area contributed by atoms with Crippen molar-refractivity contribution in [2.75, 3.05) is 12.4 Å². The summed E-state index contributed by atoms with van der Waals surface area (Å²) in [5.74, 6) is -1.22. The molecule has 1 fully saturated rings. The van der Waals surface area contributed by atoms with Crippen LogP contribution in [0.4, 0.5) is 0 Å². The van der Waals surface area contributed by atoms with E-state index in [1.165, 1.54) is 0 Å². The fourth-order valence-electron chi connectivity index (χ4n) is 6.27. The zero-order valence-electron chi connectivity index (χ0n) is 23.3. The molecular weight excluding hydrogens is 512 g/mol. The van der Waals surface area contributed by atoms with E-state index in [9.17, 15) is 8.42 Å². The van der Waals surface area contributed by atoms with Gasteiger partial charge in [0.2, 0.25) is 0 Å². The lowest BCUT2D eigenvalue weighted by Crippen LogP contribution is -2.72. The first kappa shape index (κ1) is 28.7. The zero-order chi connectivity index (χ0) is 27.7. The molecule has 0 spiro atoms. The molecule has 0 amide bonds. The third kappa shape index (κ3) is 5.27. The van der Waals surface area contributed by atoms with E-state index in [0.29, 0.717) is 10.5 Å². The molecule has 4 rings (SSSR count). The van der Waals surface area contributed by atoms with Crippen molar-refractivity contribution in [1.29, 1.82) is 0 Å². The van der Waals surface area contributed by atoms with Gasteiger partial charge in [0.05, 0.1) is 29.6 Å². The lowest BCUT2D eigenvalue weighted by molar-refractivity contribution is -0.395. The quantitative estimate of drug-likeness (QED) is 0.367. The average Bonchev–Trinajstić information content (AvgIpc) is 2.86. The molecule has 1 aliphatic rings. The first-order valence-electron chi connectivity index (χ1n) is 13.1. The molecule has 1 heterocycles. The number of benzene rings is 3. The fourth-order valence-corrected chi connectivity index (χ4v) is 8.90. The van der Waals surface area contributed by atoms with Gasteiger partial charge in [-0.15, -0.1) is 0 Å². The van der Waals surface area contributed by atoms with Gasteiger partial charge in [0.15, 0.2) is 15.6 Å². The minimum Gasteiger partial charge on any atom is -0.425 e. The summed E-state index contributed by atoms with van der Waals surface area (Å²) in [6.45, 7) is 10.4. The molecule has 0 aromatic heterocycles. The van der Waals surface area contributed by atoms with Gasteiger partial charge in [-0.05, 0) is 36.0 Å². The average molecular weight is 553 g/mol. The maximum atomic E-state index is 14.2. The van der Waals surface area contributed by atoms with Gasteiger partial charge in [-0.1, -0.05) is 112 Å². The van der Waals surface area contributed by atoms with Gasteiger partial charge in [0.25, 0.3) is 0 Å². The summed E-state index contributed by atoms with van der Waals surface area (Å²) < 4.78 is 48.1. The minimum atomic E-state index is -3.66. The number of sulfone groups is 1. The third-order valence-corrected chi connectivity index (χ3v) is 9.70. The lowest BCUT2D eigenvalue weighted by atomic mass is 9.51. The van der Waals surface area contributed by atoms with E-state index in [1.54, 1.807) is 0 Å². The minimum absolute atomic E-state index is 0.0663. The Morgan fingerprint density at radius 2 is 1.32 bits per heavy atom. The highest BCUT2D eigenvalue weighted by Crippen LogP contribution is 2.64. The van der Waals surface area contributed by atoms with Crippen molar-refractivity contribution < 1.29 is 22.3 Å². The molecule has 0 radical (unpaired) electrons. The molecule has 0 bridgehead atoms. The Bertz CT molecular complexity index is 1270. The van der Waals surface area contributed by atoms with Crippen molar-refractivity contribution in [1.82, 2.24) is 0 Å². The molecule has 0 aliphatic carbocycles. The van der Waals surface area contributed by atoms with Crippen LogP contribution in [0.1, 0.15) is 51.3 Å². The van der Waals surface area contributed by atoms with Crippen LogP contribution in [0.3, 0.4) is 0 Å². The molecule has 1 aliphatic heterocycles. The molecule has 3 aromatic carbocycles. The Morgan fingerprint density at radius 3 is 1.76 bits per heavy atom. The van der Waals surface area contributed by atoms with Gasteiger partial charge < -0.3 is 13.9 Å². The van der Waals surface area contributed by atoms with Crippen LogP contribution in [0.15, 0.2) is 91.0 Å². The van der Waals surface area contributed by atoms with Crippen LogP contribution in [0.2, 0.25) is 0 Å². The lowest BCUT2D eigenvalue weighted by Gasteiger charge is -2.65. The highest BCUT2D eigenvalue weighted by Gasteiger charge is 2.70. The maximum Gasteiger partial charge on any atom is 0.164 e. The van der Waals surface area contributed by atoms with Crippen molar-refractivity contribution in [2.45, 2.75) is 57.9 Å². The summed E-state index contributed by atoms with van der Waals surface area (Å²) in [5.41, 5.74) is -0.254. The third-order valence-electron chi connectivity index (χ3n) is 7.70. The smallest absolute Gasteiger partial charge is 0.164 e. The number of rotatable bonds is 8. The molecule has 2 unspecified atom stereocenters. The zero-order valence-corrected chi connectivity index (χ0v) is 26.1. The summed E-state index contributed by atoms with van der Waals surface area (Å²) in [6.07, 6.45) is -0.560. The Hall–Kier alpha value is -2.29. The highest BCUT2D eigenvalue weighted by atomic mass is 32.2. The summed E-state index contributed by atoms with van der Waals surface area (Å²) in [4.78, 5) is 0. The summed E-state index contributed by atoms with van der Waals surface area (Å²) >= 11 is 0. The maximum absolute atomic E-state index is 14.2. The molecule has 204 valence electrons. The SMILES string of the molecule is CC1(C)OC(CO[SiH3])C(CS(=O)(=O)Cc2ccccc2)(C(C)(C)C)C(c2ccccc2)(c2ccccc2)O1. The van der Waals surface area contributed by atoms with Crippen LogP contribution in [-0.2, 0) is 35.1 Å². The van der Waals surface area contributed by atoms with Gasteiger partial charge >= 0.3 is 0 Å². The monoisotopic (exact) mass is 552 g/mol. The van der Waals surface area contributed by atoms with Gasteiger partial charge in [0.1, 0.15) is 16.1 Å². The normalized spacial score (nSPS) is 23.2. The second-order valence-corrected chi connectivity index (χ2v) is 14.4. The molecule has 2 atom stereocenters.